The van der Waals surface area contributed by atoms with Gasteiger partial charge in [-0.15, -0.1) is 0 Å². The number of aryl methyl sites for hydroxylation is 1. The van der Waals surface area contributed by atoms with Crippen LogP contribution < -0.4 is 5.56 Å². The van der Waals surface area contributed by atoms with E-state index in [0.717, 1.165) is 28.1 Å². The van der Waals surface area contributed by atoms with Crippen molar-refractivity contribution in [2.75, 3.05) is 5.75 Å². The lowest BCUT2D eigenvalue weighted by atomic mass is 10.2. The molecule has 0 saturated carbocycles. The number of hydrogen-bond donors (Lipinski definition) is 0. The van der Waals surface area contributed by atoms with Gasteiger partial charge in [0.05, 0.1) is 5.69 Å². The van der Waals surface area contributed by atoms with Gasteiger partial charge in [0.25, 0.3) is 5.56 Å². The molecule has 0 aliphatic rings. The van der Waals surface area contributed by atoms with E-state index in [9.17, 15) is 4.79 Å². The highest BCUT2D eigenvalue weighted by molar-refractivity contribution is 9.10. The number of rotatable bonds is 5. The Bertz CT molecular complexity index is 836. The third-order valence-electron chi connectivity index (χ3n) is 3.21. The van der Waals surface area contributed by atoms with Gasteiger partial charge in [0.2, 0.25) is 0 Å². The summed E-state index contributed by atoms with van der Waals surface area (Å²) in [6.07, 6.45) is 6.35. The number of nitrogens with zero attached hydrogens (tertiary/aromatic N) is 3. The Hall–Kier alpha value is -1.66. The number of pyridine rings is 2. The maximum atomic E-state index is 12.1. The Morgan fingerprint density at radius 1 is 1.18 bits per heavy atom. The molecule has 0 aliphatic heterocycles. The van der Waals surface area contributed by atoms with Gasteiger partial charge < -0.3 is 0 Å². The van der Waals surface area contributed by atoms with Gasteiger partial charge in [0, 0.05) is 34.9 Å². The Morgan fingerprint density at radius 3 is 2.82 bits per heavy atom. The Morgan fingerprint density at radius 2 is 2.00 bits per heavy atom. The maximum Gasteiger partial charge on any atom is 0.258 e. The molecule has 0 saturated heterocycles. The number of fused-ring (bicyclic) bond motifs is 1. The molecular formula is C16H14BrN3OS. The predicted octanol–water partition coefficient (Wildman–Crippen LogP) is 3.33. The summed E-state index contributed by atoms with van der Waals surface area (Å²) in [5, 5.41) is 0. The number of halogens is 1. The largest absolute Gasteiger partial charge is 0.269 e. The zero-order valence-corrected chi connectivity index (χ0v) is 14.2. The highest BCUT2D eigenvalue weighted by atomic mass is 79.9. The summed E-state index contributed by atoms with van der Waals surface area (Å²) in [6.45, 7) is 0. The van der Waals surface area contributed by atoms with E-state index in [-0.39, 0.29) is 5.56 Å². The van der Waals surface area contributed by atoms with E-state index in [2.05, 4.69) is 25.9 Å². The molecular weight excluding hydrogens is 362 g/mol. The first kappa shape index (κ1) is 15.2. The molecule has 0 amide bonds. The third-order valence-corrected chi connectivity index (χ3v) is 4.67. The van der Waals surface area contributed by atoms with E-state index < -0.39 is 0 Å². The van der Waals surface area contributed by atoms with E-state index >= 15 is 0 Å². The lowest BCUT2D eigenvalue weighted by Crippen LogP contribution is -2.15. The summed E-state index contributed by atoms with van der Waals surface area (Å²) in [5.74, 6) is 1.73. The summed E-state index contributed by atoms with van der Waals surface area (Å²) < 4.78 is 2.42. The van der Waals surface area contributed by atoms with Crippen LogP contribution in [0.1, 0.15) is 11.3 Å². The minimum absolute atomic E-state index is 0.0453. The van der Waals surface area contributed by atoms with E-state index in [1.807, 2.05) is 36.7 Å². The fraction of sp³-hybridized carbons (Fsp3) is 0.188. The van der Waals surface area contributed by atoms with E-state index in [0.29, 0.717) is 5.65 Å². The molecule has 3 heterocycles. The SMILES string of the molecule is O=c1cc(CSCCc2ccncc2)nc2ccc(Br)cn12. The average Bonchev–Trinajstić information content (AvgIpc) is 2.53. The van der Waals surface area contributed by atoms with Crippen LogP contribution in [-0.2, 0) is 12.2 Å². The Labute approximate surface area is 140 Å². The first-order valence-corrected chi connectivity index (χ1v) is 8.82. The molecule has 0 unspecified atom stereocenters. The van der Waals surface area contributed by atoms with Crippen molar-refractivity contribution >= 4 is 33.3 Å². The summed E-state index contributed by atoms with van der Waals surface area (Å²) in [5.41, 5.74) is 2.74. The van der Waals surface area contributed by atoms with Gasteiger partial charge in [-0.3, -0.25) is 14.2 Å². The lowest BCUT2D eigenvalue weighted by Gasteiger charge is -2.05. The van der Waals surface area contributed by atoms with Crippen molar-refractivity contribution < 1.29 is 0 Å². The van der Waals surface area contributed by atoms with Crippen molar-refractivity contribution in [1.82, 2.24) is 14.4 Å². The Kier molecular flexibility index (Phi) is 4.90. The predicted molar refractivity (Wildman–Crippen MR) is 93.3 cm³/mol. The Balaban J connectivity index is 1.64. The van der Waals surface area contributed by atoms with Gasteiger partial charge in [0.15, 0.2) is 0 Å². The van der Waals surface area contributed by atoms with E-state index in [1.54, 1.807) is 28.4 Å². The molecule has 22 heavy (non-hydrogen) atoms. The van der Waals surface area contributed by atoms with Gasteiger partial charge in [-0.05, 0) is 57.9 Å². The zero-order valence-electron chi connectivity index (χ0n) is 11.8. The standard InChI is InChI=1S/C16H14BrN3OS/c17-13-1-2-15-19-14(9-16(21)20(15)10-13)11-22-8-5-12-3-6-18-7-4-12/h1-4,6-7,9-10H,5,8,11H2. The molecule has 6 heteroatoms. The number of thioether (sulfide) groups is 1. The quantitative estimate of drug-likeness (QED) is 0.641. The molecule has 3 aromatic heterocycles. The fourth-order valence-electron chi connectivity index (χ4n) is 2.12. The van der Waals surface area contributed by atoms with Gasteiger partial charge >= 0.3 is 0 Å². The molecule has 112 valence electrons. The van der Waals surface area contributed by atoms with Crippen LogP contribution in [0.3, 0.4) is 0 Å². The third kappa shape index (κ3) is 3.75. The second-order valence-electron chi connectivity index (χ2n) is 4.82. The highest BCUT2D eigenvalue weighted by Crippen LogP contribution is 2.14. The summed E-state index contributed by atoms with van der Waals surface area (Å²) in [6, 6.07) is 9.40. The van der Waals surface area contributed by atoms with E-state index in [4.69, 9.17) is 0 Å². The first-order chi connectivity index (χ1) is 10.7. The molecule has 0 spiro atoms. The van der Waals surface area contributed by atoms with Gasteiger partial charge in [-0.25, -0.2) is 4.98 Å². The molecule has 0 atom stereocenters. The van der Waals surface area contributed by atoms with Crippen molar-refractivity contribution in [2.45, 2.75) is 12.2 Å². The second kappa shape index (κ2) is 7.07. The van der Waals surface area contributed by atoms with Crippen molar-refractivity contribution in [2.24, 2.45) is 0 Å². The molecule has 0 radical (unpaired) electrons. The van der Waals surface area contributed by atoms with Crippen LogP contribution in [-0.4, -0.2) is 20.1 Å². The molecule has 0 N–H and O–H groups in total. The average molecular weight is 376 g/mol. The van der Waals surface area contributed by atoms with Crippen LogP contribution >= 0.6 is 27.7 Å². The van der Waals surface area contributed by atoms with Gasteiger partial charge in [-0.1, -0.05) is 0 Å². The molecule has 0 aromatic carbocycles. The summed E-state index contributed by atoms with van der Waals surface area (Å²) in [4.78, 5) is 20.6. The smallest absolute Gasteiger partial charge is 0.258 e. The summed E-state index contributed by atoms with van der Waals surface area (Å²) >= 11 is 5.14. The van der Waals surface area contributed by atoms with Crippen LogP contribution in [0.15, 0.2) is 58.2 Å². The molecule has 0 bridgehead atoms. The number of hydrogen-bond acceptors (Lipinski definition) is 4. The summed E-state index contributed by atoms with van der Waals surface area (Å²) in [7, 11) is 0. The topological polar surface area (TPSA) is 47.3 Å². The minimum Gasteiger partial charge on any atom is -0.269 e. The molecule has 0 aliphatic carbocycles. The molecule has 4 nitrogen and oxygen atoms in total. The van der Waals surface area contributed by atoms with Crippen molar-refractivity contribution in [3.63, 3.8) is 0 Å². The van der Waals surface area contributed by atoms with E-state index in [1.165, 1.54) is 5.56 Å². The van der Waals surface area contributed by atoms with Crippen molar-refractivity contribution in [3.05, 3.63) is 75.0 Å². The molecule has 0 fully saturated rings. The van der Waals surface area contributed by atoms with Crippen LogP contribution in [0.25, 0.3) is 5.65 Å². The normalized spacial score (nSPS) is 11.0. The van der Waals surface area contributed by atoms with Gasteiger partial charge in [0.1, 0.15) is 5.65 Å². The highest BCUT2D eigenvalue weighted by Gasteiger charge is 2.03. The second-order valence-corrected chi connectivity index (χ2v) is 6.84. The monoisotopic (exact) mass is 375 g/mol. The lowest BCUT2D eigenvalue weighted by molar-refractivity contribution is 1.01. The molecule has 3 aromatic rings. The first-order valence-electron chi connectivity index (χ1n) is 6.87. The maximum absolute atomic E-state index is 12.1. The van der Waals surface area contributed by atoms with Crippen molar-refractivity contribution in [1.29, 1.82) is 0 Å². The van der Waals surface area contributed by atoms with Crippen LogP contribution in [0.2, 0.25) is 0 Å². The number of aromatic nitrogens is 3. The van der Waals surface area contributed by atoms with Gasteiger partial charge in [-0.2, -0.15) is 11.8 Å². The van der Waals surface area contributed by atoms with Crippen LogP contribution in [0.5, 0.6) is 0 Å². The van der Waals surface area contributed by atoms with Crippen molar-refractivity contribution in [3.8, 4) is 0 Å². The molecule has 3 rings (SSSR count). The minimum atomic E-state index is -0.0453. The fourth-order valence-corrected chi connectivity index (χ4v) is 3.33. The van der Waals surface area contributed by atoms with Crippen LogP contribution in [0.4, 0.5) is 0 Å². The zero-order chi connectivity index (χ0) is 15.4. The van der Waals surface area contributed by atoms with Crippen LogP contribution in [0, 0.1) is 0 Å².